The Morgan fingerprint density at radius 2 is 1.77 bits per heavy atom. The van der Waals surface area contributed by atoms with Crippen molar-refractivity contribution in [1.82, 2.24) is 5.43 Å². The quantitative estimate of drug-likeness (QED) is 0.274. The first-order valence-electron chi connectivity index (χ1n) is 10.8. The van der Waals surface area contributed by atoms with Crippen molar-refractivity contribution in [2.45, 2.75) is 20.8 Å². The average Bonchev–Trinajstić information content (AvgIpc) is 3.28. The molecule has 0 bridgehead atoms. The SMILES string of the molecule is CCOC(=O)c1ccc(-c2ccc(C=NNC(=O)CN(c3ccc(C)c(C)c3)S(C)(=O)=O)o2)cc1. The Balaban J connectivity index is 1.63. The Morgan fingerprint density at radius 1 is 1.06 bits per heavy atom. The predicted octanol–water partition coefficient (Wildman–Crippen LogP) is 3.66. The number of rotatable bonds is 9. The van der Waals surface area contributed by atoms with E-state index in [9.17, 15) is 18.0 Å². The molecule has 0 aliphatic rings. The summed E-state index contributed by atoms with van der Waals surface area (Å²) < 4.78 is 36.2. The van der Waals surface area contributed by atoms with Crippen molar-refractivity contribution < 1.29 is 27.2 Å². The molecule has 10 heteroatoms. The first-order valence-corrected chi connectivity index (χ1v) is 12.7. The van der Waals surface area contributed by atoms with Gasteiger partial charge in [0.2, 0.25) is 10.0 Å². The number of furan rings is 1. The van der Waals surface area contributed by atoms with Crippen molar-refractivity contribution in [1.29, 1.82) is 0 Å². The molecule has 9 nitrogen and oxygen atoms in total. The van der Waals surface area contributed by atoms with Crippen molar-refractivity contribution in [2.24, 2.45) is 5.10 Å². The van der Waals surface area contributed by atoms with Crippen LogP contribution in [0.25, 0.3) is 11.3 Å². The lowest BCUT2D eigenvalue weighted by Gasteiger charge is -2.22. The molecule has 1 heterocycles. The van der Waals surface area contributed by atoms with Crippen molar-refractivity contribution in [3.05, 3.63) is 77.0 Å². The molecule has 0 fully saturated rings. The monoisotopic (exact) mass is 497 g/mol. The van der Waals surface area contributed by atoms with Gasteiger partial charge >= 0.3 is 5.97 Å². The van der Waals surface area contributed by atoms with E-state index in [0.29, 0.717) is 29.4 Å². The van der Waals surface area contributed by atoms with Gasteiger partial charge in [-0.15, -0.1) is 0 Å². The van der Waals surface area contributed by atoms with E-state index in [1.165, 1.54) is 6.21 Å². The minimum atomic E-state index is -3.69. The molecule has 0 saturated heterocycles. The lowest BCUT2D eigenvalue weighted by atomic mass is 10.1. The maximum Gasteiger partial charge on any atom is 0.338 e. The van der Waals surface area contributed by atoms with Gasteiger partial charge in [-0.25, -0.2) is 18.6 Å². The summed E-state index contributed by atoms with van der Waals surface area (Å²) in [5, 5.41) is 3.87. The van der Waals surface area contributed by atoms with E-state index in [4.69, 9.17) is 9.15 Å². The third kappa shape index (κ3) is 6.80. The van der Waals surface area contributed by atoms with Crippen LogP contribution in [-0.4, -0.2) is 45.9 Å². The van der Waals surface area contributed by atoms with Crippen LogP contribution in [0.3, 0.4) is 0 Å². The van der Waals surface area contributed by atoms with Gasteiger partial charge in [0.15, 0.2) is 0 Å². The fraction of sp³-hybridized carbons (Fsp3) is 0.240. The number of anilines is 1. The van der Waals surface area contributed by atoms with Crippen LogP contribution in [-0.2, 0) is 19.6 Å². The Morgan fingerprint density at radius 3 is 2.40 bits per heavy atom. The number of hydrogen-bond acceptors (Lipinski definition) is 7. The highest BCUT2D eigenvalue weighted by molar-refractivity contribution is 7.92. The standard InChI is InChI=1S/C25H27N3O6S/c1-5-33-25(30)20-9-7-19(8-10-20)23-13-12-22(34-23)15-26-27-24(29)16-28(35(4,31)32)21-11-6-17(2)18(3)14-21/h6-15H,5,16H2,1-4H3,(H,27,29). The molecule has 2 aromatic carbocycles. The summed E-state index contributed by atoms with van der Waals surface area (Å²) in [6.07, 6.45) is 2.36. The molecule has 0 saturated carbocycles. The van der Waals surface area contributed by atoms with Crippen LogP contribution in [0, 0.1) is 13.8 Å². The van der Waals surface area contributed by atoms with Gasteiger partial charge in [-0.2, -0.15) is 5.10 Å². The second kappa shape index (κ2) is 11.0. The Bertz CT molecular complexity index is 1340. The molecule has 0 atom stereocenters. The Hall–Kier alpha value is -3.92. The zero-order chi connectivity index (χ0) is 25.6. The van der Waals surface area contributed by atoms with Crippen LogP contribution in [0.5, 0.6) is 0 Å². The van der Waals surface area contributed by atoms with Gasteiger partial charge in [-0.3, -0.25) is 9.10 Å². The van der Waals surface area contributed by atoms with E-state index in [1.807, 2.05) is 13.8 Å². The highest BCUT2D eigenvalue weighted by Crippen LogP contribution is 2.23. The summed E-state index contributed by atoms with van der Waals surface area (Å²) in [4.78, 5) is 24.1. The van der Waals surface area contributed by atoms with Crippen molar-refractivity contribution in [3.8, 4) is 11.3 Å². The van der Waals surface area contributed by atoms with Crippen LogP contribution in [0.15, 0.2) is 64.1 Å². The summed E-state index contributed by atoms with van der Waals surface area (Å²) in [6, 6.07) is 15.3. The maximum absolute atomic E-state index is 12.4. The topological polar surface area (TPSA) is 118 Å². The number of amides is 1. The molecule has 0 aliphatic carbocycles. The highest BCUT2D eigenvalue weighted by Gasteiger charge is 2.21. The number of benzene rings is 2. The van der Waals surface area contributed by atoms with E-state index in [2.05, 4.69) is 10.5 Å². The predicted molar refractivity (Wildman–Crippen MR) is 134 cm³/mol. The van der Waals surface area contributed by atoms with E-state index in [1.54, 1.807) is 61.5 Å². The first-order chi connectivity index (χ1) is 16.6. The lowest BCUT2D eigenvalue weighted by Crippen LogP contribution is -2.39. The largest absolute Gasteiger partial charge is 0.462 e. The third-order valence-corrected chi connectivity index (χ3v) is 6.29. The smallest absolute Gasteiger partial charge is 0.338 e. The molecule has 1 aromatic heterocycles. The summed E-state index contributed by atoms with van der Waals surface area (Å²) in [5.74, 6) is -0.0738. The number of aryl methyl sites for hydroxylation is 2. The van der Waals surface area contributed by atoms with Crippen molar-refractivity contribution in [3.63, 3.8) is 0 Å². The van der Waals surface area contributed by atoms with Gasteiger partial charge in [0.05, 0.1) is 30.3 Å². The summed E-state index contributed by atoms with van der Waals surface area (Å²) in [7, 11) is -3.69. The van der Waals surface area contributed by atoms with Gasteiger partial charge in [-0.1, -0.05) is 18.2 Å². The van der Waals surface area contributed by atoms with Gasteiger partial charge in [0.1, 0.15) is 18.1 Å². The minimum Gasteiger partial charge on any atom is -0.462 e. The van der Waals surface area contributed by atoms with Crippen LogP contribution >= 0.6 is 0 Å². The van der Waals surface area contributed by atoms with Gasteiger partial charge < -0.3 is 9.15 Å². The normalized spacial score (nSPS) is 11.4. The zero-order valence-corrected chi connectivity index (χ0v) is 20.8. The van der Waals surface area contributed by atoms with Gasteiger partial charge in [0.25, 0.3) is 5.91 Å². The summed E-state index contributed by atoms with van der Waals surface area (Å²) in [6.45, 7) is 5.41. The lowest BCUT2D eigenvalue weighted by molar-refractivity contribution is -0.119. The summed E-state index contributed by atoms with van der Waals surface area (Å²) in [5.41, 5.74) is 5.85. The molecule has 184 valence electrons. The second-order valence-electron chi connectivity index (χ2n) is 7.83. The third-order valence-electron chi connectivity index (χ3n) is 5.15. The molecule has 1 N–H and O–H groups in total. The number of nitrogens with zero attached hydrogens (tertiary/aromatic N) is 2. The molecule has 1 amide bonds. The van der Waals surface area contributed by atoms with Crippen molar-refractivity contribution in [2.75, 3.05) is 23.7 Å². The Labute approximate surface area is 204 Å². The number of hydrazone groups is 1. The van der Waals surface area contributed by atoms with Crippen molar-refractivity contribution >= 4 is 33.8 Å². The molecule has 0 aliphatic heterocycles. The summed E-state index contributed by atoms with van der Waals surface area (Å²) >= 11 is 0. The average molecular weight is 498 g/mol. The molecule has 35 heavy (non-hydrogen) atoms. The zero-order valence-electron chi connectivity index (χ0n) is 19.9. The molecule has 3 rings (SSSR count). The number of esters is 1. The van der Waals surface area contributed by atoms with E-state index < -0.39 is 28.4 Å². The molecule has 3 aromatic rings. The van der Waals surface area contributed by atoms with E-state index in [-0.39, 0.29) is 0 Å². The molecule has 0 unspecified atom stereocenters. The van der Waals surface area contributed by atoms with Crippen LogP contribution in [0.4, 0.5) is 5.69 Å². The van der Waals surface area contributed by atoms with Gasteiger partial charge in [-0.05, 0) is 68.3 Å². The van der Waals surface area contributed by atoms with Crippen LogP contribution < -0.4 is 9.73 Å². The van der Waals surface area contributed by atoms with Crippen LogP contribution in [0.1, 0.15) is 34.2 Å². The number of carbonyl (C=O) groups is 2. The number of carbonyl (C=O) groups excluding carboxylic acids is 2. The first kappa shape index (κ1) is 25.7. The highest BCUT2D eigenvalue weighted by atomic mass is 32.2. The molecular weight excluding hydrogens is 470 g/mol. The van der Waals surface area contributed by atoms with Crippen LogP contribution in [0.2, 0.25) is 0 Å². The van der Waals surface area contributed by atoms with E-state index in [0.717, 1.165) is 27.3 Å². The molecule has 0 radical (unpaired) electrons. The minimum absolute atomic E-state index is 0.302. The fourth-order valence-electron chi connectivity index (χ4n) is 3.18. The molecular formula is C25H27N3O6S. The van der Waals surface area contributed by atoms with Gasteiger partial charge in [0, 0.05) is 5.56 Å². The number of ether oxygens (including phenoxy) is 1. The number of hydrogen-bond donors (Lipinski definition) is 1. The molecule has 0 spiro atoms. The fourth-order valence-corrected chi connectivity index (χ4v) is 4.03. The van der Waals surface area contributed by atoms with E-state index >= 15 is 0 Å². The number of sulfonamides is 1. The second-order valence-corrected chi connectivity index (χ2v) is 9.74. The Kier molecular flexibility index (Phi) is 8.08. The maximum atomic E-state index is 12.4. The number of nitrogens with one attached hydrogen (secondary N) is 1.